The summed E-state index contributed by atoms with van der Waals surface area (Å²) in [6.45, 7) is 15.4. The lowest BCUT2D eigenvalue weighted by molar-refractivity contribution is -0.367. The molecule has 3 heterocycles. The monoisotopic (exact) mass is 780 g/mol. The highest BCUT2D eigenvalue weighted by Gasteiger charge is 2.79. The van der Waals surface area contributed by atoms with E-state index >= 15 is 0 Å². The van der Waals surface area contributed by atoms with Crippen molar-refractivity contribution < 1.29 is 64.5 Å². The third-order valence-electron chi connectivity index (χ3n) is 17.9. The predicted molar refractivity (Wildman–Crippen MR) is 197 cm³/mol. The van der Waals surface area contributed by atoms with Crippen molar-refractivity contribution in [3.05, 3.63) is 12.2 Å². The van der Waals surface area contributed by atoms with Crippen LogP contribution in [0.4, 0.5) is 0 Å². The SMILES string of the molecule is C[C@H]1O[C@@H](OC2CC[C@@]3(C)[C@@H](CC[C@]4(C)[C@@H]3C=C[C@]35OC[C@@]6(CCC(C)(C)C[C@H]63)C(O)C[C@]54C)[C@]2(C)CO)[C@H](O)[C@@H](O[C@@H]2O[C@H](CO)[C@@H](O)[C@H](O)[C@H]2O)[C@H]1O. The first-order chi connectivity index (χ1) is 25.7. The summed E-state index contributed by atoms with van der Waals surface area (Å²) in [5.74, 6) is 0.449. The molecule has 3 aliphatic heterocycles. The van der Waals surface area contributed by atoms with Crippen LogP contribution in [0.2, 0.25) is 0 Å². The van der Waals surface area contributed by atoms with Gasteiger partial charge in [-0.15, -0.1) is 0 Å². The van der Waals surface area contributed by atoms with E-state index in [1.165, 1.54) is 0 Å². The second kappa shape index (κ2) is 13.4. The third-order valence-corrected chi connectivity index (χ3v) is 17.9. The van der Waals surface area contributed by atoms with Gasteiger partial charge < -0.3 is 64.5 Å². The molecule has 8 N–H and O–H groups in total. The summed E-state index contributed by atoms with van der Waals surface area (Å²) >= 11 is 0. The van der Waals surface area contributed by atoms with Crippen molar-refractivity contribution in [2.24, 2.45) is 50.2 Å². The Morgan fingerprint density at radius 1 is 0.727 bits per heavy atom. The van der Waals surface area contributed by atoms with E-state index in [-0.39, 0.29) is 51.4 Å². The predicted octanol–water partition coefficient (Wildman–Crippen LogP) is 1.78. The number of hydrogen-bond donors (Lipinski definition) is 8. The minimum absolute atomic E-state index is 0.0414. The smallest absolute Gasteiger partial charge is 0.187 e. The Morgan fingerprint density at radius 2 is 1.44 bits per heavy atom. The second-order valence-corrected chi connectivity index (χ2v) is 21.0. The summed E-state index contributed by atoms with van der Waals surface area (Å²) in [6.07, 6.45) is -3.39. The molecule has 8 rings (SSSR count). The van der Waals surface area contributed by atoms with E-state index < -0.39 is 91.2 Å². The Morgan fingerprint density at radius 3 is 2.13 bits per heavy atom. The van der Waals surface area contributed by atoms with Gasteiger partial charge in [-0.1, -0.05) is 53.7 Å². The van der Waals surface area contributed by atoms with Crippen LogP contribution in [-0.2, 0) is 23.7 Å². The summed E-state index contributed by atoms with van der Waals surface area (Å²) in [7, 11) is 0. The highest BCUT2D eigenvalue weighted by molar-refractivity contribution is 5.36. The first-order valence-corrected chi connectivity index (χ1v) is 20.9. The molecule has 2 bridgehead atoms. The van der Waals surface area contributed by atoms with Crippen molar-refractivity contribution in [1.82, 2.24) is 0 Å². The first kappa shape index (κ1) is 41.0. The molecular weight excluding hydrogens is 712 g/mol. The maximum absolute atomic E-state index is 12.1. The fourth-order valence-electron chi connectivity index (χ4n) is 14.3. The van der Waals surface area contributed by atoms with Crippen molar-refractivity contribution in [2.45, 2.75) is 179 Å². The Bertz CT molecular complexity index is 1490. The van der Waals surface area contributed by atoms with E-state index in [9.17, 15) is 40.9 Å². The molecule has 314 valence electrons. The van der Waals surface area contributed by atoms with E-state index in [0.717, 1.165) is 38.5 Å². The Hall–Kier alpha value is -0.780. The van der Waals surface area contributed by atoms with Gasteiger partial charge in [-0.05, 0) is 86.4 Å². The normalized spacial score (nSPS) is 59.7. The van der Waals surface area contributed by atoms with Gasteiger partial charge in [-0.3, -0.25) is 0 Å². The number of aliphatic hydroxyl groups is 8. The third kappa shape index (κ3) is 5.44. The maximum atomic E-state index is 12.1. The van der Waals surface area contributed by atoms with Gasteiger partial charge in [0, 0.05) is 22.2 Å². The van der Waals surface area contributed by atoms with Crippen LogP contribution in [0.5, 0.6) is 0 Å². The lowest BCUT2D eigenvalue weighted by Crippen LogP contribution is -2.72. The average Bonchev–Trinajstić information content (AvgIpc) is 3.41. The lowest BCUT2D eigenvalue weighted by Gasteiger charge is -2.73. The second-order valence-electron chi connectivity index (χ2n) is 21.0. The zero-order chi connectivity index (χ0) is 39.9. The summed E-state index contributed by atoms with van der Waals surface area (Å²) < 4.78 is 31.2. The van der Waals surface area contributed by atoms with Crippen LogP contribution in [0.25, 0.3) is 0 Å². The molecule has 8 aliphatic rings. The molecule has 5 aliphatic carbocycles. The number of aliphatic hydroxyl groups excluding tert-OH is 8. The number of ether oxygens (including phenoxy) is 5. The topological polar surface area (TPSA) is 208 Å². The molecule has 13 nitrogen and oxygen atoms in total. The molecule has 3 saturated heterocycles. The zero-order valence-corrected chi connectivity index (χ0v) is 33.7. The van der Waals surface area contributed by atoms with Crippen LogP contribution < -0.4 is 0 Å². The Labute approximate surface area is 325 Å². The van der Waals surface area contributed by atoms with E-state index in [4.69, 9.17) is 23.7 Å². The summed E-state index contributed by atoms with van der Waals surface area (Å²) in [6, 6.07) is 0. The van der Waals surface area contributed by atoms with Gasteiger partial charge in [-0.25, -0.2) is 0 Å². The van der Waals surface area contributed by atoms with Crippen molar-refractivity contribution in [3.8, 4) is 0 Å². The van der Waals surface area contributed by atoms with E-state index in [2.05, 4.69) is 53.7 Å². The molecule has 0 aromatic heterocycles. The highest BCUT2D eigenvalue weighted by atomic mass is 16.7. The fourth-order valence-corrected chi connectivity index (χ4v) is 14.3. The molecule has 4 saturated carbocycles. The van der Waals surface area contributed by atoms with Crippen molar-refractivity contribution in [1.29, 1.82) is 0 Å². The molecule has 7 fully saturated rings. The van der Waals surface area contributed by atoms with Crippen molar-refractivity contribution in [3.63, 3.8) is 0 Å². The summed E-state index contributed by atoms with van der Waals surface area (Å²) in [4.78, 5) is 0. The number of rotatable bonds is 6. The highest BCUT2D eigenvalue weighted by Crippen LogP contribution is 2.79. The summed E-state index contributed by atoms with van der Waals surface area (Å²) in [5, 5.41) is 87.0. The molecule has 55 heavy (non-hydrogen) atoms. The lowest BCUT2D eigenvalue weighted by atomic mass is 9.32. The van der Waals surface area contributed by atoms with Crippen molar-refractivity contribution in [2.75, 3.05) is 19.8 Å². The van der Waals surface area contributed by atoms with Gasteiger partial charge in [0.05, 0.1) is 43.7 Å². The quantitative estimate of drug-likeness (QED) is 0.143. The first-order valence-electron chi connectivity index (χ1n) is 20.9. The summed E-state index contributed by atoms with van der Waals surface area (Å²) in [5.41, 5.74) is -1.90. The van der Waals surface area contributed by atoms with Crippen LogP contribution >= 0.6 is 0 Å². The standard InChI is InChI=1S/C42H68O13/c1-21-28(46)33(55-34-31(49)30(48)29(47)22(18-43)53-34)32(50)35(52-21)54-27-10-11-37(4)23(38(27,5)19-44)8-12-39(6)24(37)9-13-42-25-16-36(2,3)14-15-41(25,20-51-42)26(45)17-40(39,42)7/h9,13,21-35,43-50H,8,10-12,14-20H2,1-7H3/t21-,22-,23-,24-,25-,26?,27?,28+,29-,30+,31-,32-,33+,34+,35+,37+,38+,39-,40+,41-,42+/m1/s1. The molecule has 0 aromatic rings. The van der Waals surface area contributed by atoms with Crippen LogP contribution in [0.3, 0.4) is 0 Å². The molecule has 13 heteroatoms. The Kier molecular flexibility index (Phi) is 9.95. The molecule has 1 spiro atoms. The molecular formula is C42H68O13. The van der Waals surface area contributed by atoms with Gasteiger partial charge in [-0.2, -0.15) is 0 Å². The molecule has 21 atom stereocenters. The molecule has 0 amide bonds. The molecule has 2 unspecified atom stereocenters. The van der Waals surface area contributed by atoms with Gasteiger partial charge in [0.15, 0.2) is 12.6 Å². The van der Waals surface area contributed by atoms with Crippen LogP contribution in [0, 0.1) is 50.2 Å². The van der Waals surface area contributed by atoms with E-state index in [1.807, 2.05) is 0 Å². The fraction of sp³-hybridized carbons (Fsp3) is 0.952. The van der Waals surface area contributed by atoms with Gasteiger partial charge in [0.25, 0.3) is 0 Å². The Balaban J connectivity index is 1.05. The maximum Gasteiger partial charge on any atom is 0.187 e. The van der Waals surface area contributed by atoms with E-state index in [1.54, 1.807) is 6.92 Å². The number of fused-ring (bicyclic) bond motifs is 4. The van der Waals surface area contributed by atoms with Gasteiger partial charge in [0.1, 0.15) is 42.7 Å². The minimum atomic E-state index is -1.72. The largest absolute Gasteiger partial charge is 0.396 e. The van der Waals surface area contributed by atoms with Crippen LogP contribution in [0.15, 0.2) is 12.2 Å². The van der Waals surface area contributed by atoms with E-state index in [0.29, 0.717) is 19.4 Å². The van der Waals surface area contributed by atoms with Crippen molar-refractivity contribution >= 4 is 0 Å². The number of allylic oxidation sites excluding steroid dienone is 1. The average molecular weight is 781 g/mol. The minimum Gasteiger partial charge on any atom is -0.396 e. The van der Waals surface area contributed by atoms with Gasteiger partial charge in [0.2, 0.25) is 0 Å². The van der Waals surface area contributed by atoms with Gasteiger partial charge >= 0.3 is 0 Å². The van der Waals surface area contributed by atoms with Crippen LogP contribution in [-0.4, -0.2) is 140 Å². The molecule has 0 radical (unpaired) electrons. The van der Waals surface area contributed by atoms with Crippen LogP contribution in [0.1, 0.15) is 99.8 Å². The molecule has 0 aromatic carbocycles. The number of hydrogen-bond acceptors (Lipinski definition) is 13. The zero-order valence-electron chi connectivity index (χ0n) is 33.7.